The van der Waals surface area contributed by atoms with Crippen molar-refractivity contribution < 1.29 is 9.53 Å². The van der Waals surface area contributed by atoms with Gasteiger partial charge in [0.25, 0.3) is 0 Å². The van der Waals surface area contributed by atoms with Crippen molar-refractivity contribution in [3.05, 3.63) is 23.3 Å². The van der Waals surface area contributed by atoms with Gasteiger partial charge in [0, 0.05) is 26.2 Å². The summed E-state index contributed by atoms with van der Waals surface area (Å²) < 4.78 is 6.76. The monoisotopic (exact) mass is 453 g/mol. The third-order valence-electron chi connectivity index (χ3n) is 8.52. The van der Waals surface area contributed by atoms with Crippen molar-refractivity contribution in [2.75, 3.05) is 44.3 Å². The lowest BCUT2D eigenvalue weighted by Crippen LogP contribution is -2.56. The van der Waals surface area contributed by atoms with Gasteiger partial charge in [-0.2, -0.15) is 0 Å². The van der Waals surface area contributed by atoms with Crippen molar-refractivity contribution in [2.45, 2.75) is 52.4 Å². The van der Waals surface area contributed by atoms with E-state index in [4.69, 9.17) is 9.72 Å². The van der Waals surface area contributed by atoms with Gasteiger partial charge in [-0.15, -0.1) is 0 Å². The van der Waals surface area contributed by atoms with E-state index in [1.807, 2.05) is 0 Å². The molecule has 1 aliphatic heterocycles. The highest BCUT2D eigenvalue weighted by Gasteiger charge is 2.56. The van der Waals surface area contributed by atoms with Gasteiger partial charge in [-0.25, -0.2) is 4.98 Å². The molecule has 1 aromatic heterocycles. The number of carbonyl (C=O) groups excluding carboxylic acids is 1. The topological polar surface area (TPSA) is 45.7 Å². The number of carbonyl (C=O) groups is 1. The third kappa shape index (κ3) is 3.68. The first-order valence-corrected chi connectivity index (χ1v) is 13.3. The van der Waals surface area contributed by atoms with E-state index >= 15 is 0 Å². The van der Waals surface area contributed by atoms with Gasteiger partial charge in [0.1, 0.15) is 0 Å². The Balaban J connectivity index is 1.33. The van der Waals surface area contributed by atoms with Crippen LogP contribution in [-0.2, 0) is 9.53 Å². The van der Waals surface area contributed by atoms with E-state index in [2.05, 4.69) is 35.8 Å². The molecule has 5 fully saturated rings. The minimum atomic E-state index is -0.136. The van der Waals surface area contributed by atoms with Crippen LogP contribution in [0, 0.1) is 37.0 Å². The number of morpholine rings is 1. The lowest BCUT2D eigenvalue weighted by atomic mass is 9.49. The average molecular weight is 454 g/mol. The number of anilines is 1. The van der Waals surface area contributed by atoms with Crippen LogP contribution >= 0.6 is 11.3 Å². The van der Waals surface area contributed by atoms with E-state index in [0.717, 1.165) is 87.1 Å². The predicted octanol–water partition coefficient (Wildman–Crippen LogP) is 4.79. The molecular weight excluding hydrogens is 418 g/mol. The normalized spacial score (nSPS) is 32.0. The van der Waals surface area contributed by atoms with Gasteiger partial charge >= 0.3 is 0 Å². The zero-order valence-electron chi connectivity index (χ0n) is 19.4. The number of amides is 1. The predicted molar refractivity (Wildman–Crippen MR) is 129 cm³/mol. The molecule has 7 rings (SSSR count). The van der Waals surface area contributed by atoms with Crippen LogP contribution in [0.1, 0.15) is 49.7 Å². The lowest BCUT2D eigenvalue weighted by Gasteiger charge is -2.56. The van der Waals surface area contributed by atoms with Crippen molar-refractivity contribution in [2.24, 2.45) is 23.2 Å². The molecule has 4 aliphatic carbocycles. The molecule has 2 aromatic rings. The molecule has 5 aliphatic rings. The summed E-state index contributed by atoms with van der Waals surface area (Å²) in [6.07, 6.45) is 7.40. The fraction of sp³-hybridized carbons (Fsp3) is 0.692. The minimum Gasteiger partial charge on any atom is -0.379 e. The summed E-state index contributed by atoms with van der Waals surface area (Å²) in [6.45, 7) is 9.42. The highest BCUT2D eigenvalue weighted by Crippen LogP contribution is 2.60. The van der Waals surface area contributed by atoms with Gasteiger partial charge in [-0.3, -0.25) is 14.6 Å². The molecule has 32 heavy (non-hydrogen) atoms. The molecule has 4 bridgehead atoms. The Hall–Kier alpha value is -1.50. The molecule has 0 atom stereocenters. The van der Waals surface area contributed by atoms with E-state index in [-0.39, 0.29) is 5.41 Å². The highest BCUT2D eigenvalue weighted by molar-refractivity contribution is 7.22. The van der Waals surface area contributed by atoms with Gasteiger partial charge in [0.2, 0.25) is 5.91 Å². The third-order valence-corrected chi connectivity index (χ3v) is 9.75. The number of benzene rings is 1. The Bertz CT molecular complexity index is 990. The number of aromatic nitrogens is 1. The van der Waals surface area contributed by atoms with Crippen LogP contribution in [-0.4, -0.2) is 55.2 Å². The quantitative estimate of drug-likeness (QED) is 0.653. The zero-order valence-corrected chi connectivity index (χ0v) is 20.3. The molecule has 1 amide bonds. The zero-order chi connectivity index (χ0) is 21.9. The number of fused-ring (bicyclic) bond motifs is 1. The van der Waals surface area contributed by atoms with Crippen LogP contribution in [0.5, 0.6) is 0 Å². The second kappa shape index (κ2) is 8.07. The average Bonchev–Trinajstić information content (AvgIpc) is 3.17. The maximum absolute atomic E-state index is 14.3. The largest absolute Gasteiger partial charge is 0.379 e. The number of rotatable bonds is 5. The Morgan fingerprint density at radius 1 is 1.12 bits per heavy atom. The molecule has 2 heterocycles. The molecule has 0 N–H and O–H groups in total. The van der Waals surface area contributed by atoms with E-state index < -0.39 is 0 Å². The smallest absolute Gasteiger partial charge is 0.235 e. The molecule has 172 valence electrons. The molecule has 1 aromatic carbocycles. The standard InChI is InChI=1S/C26H35N3O2S/c1-17-9-18(2)23-22(10-17)27-25(32-23)29(4-3-28-5-7-31-8-6-28)24(30)26-14-19-11-20(15-26)13-21(12-19)16-26/h9-10,19-21H,3-8,11-16H2,1-2H3. The number of ether oxygens (including phenoxy) is 1. The maximum atomic E-state index is 14.3. The van der Waals surface area contributed by atoms with Crippen LogP contribution in [0.25, 0.3) is 10.2 Å². The molecular formula is C26H35N3O2S. The summed E-state index contributed by atoms with van der Waals surface area (Å²) >= 11 is 1.71. The lowest BCUT2D eigenvalue weighted by molar-refractivity contribution is -0.143. The number of thiazole rings is 1. The Labute approximate surface area is 195 Å². The first-order valence-electron chi connectivity index (χ1n) is 12.5. The Morgan fingerprint density at radius 2 is 1.78 bits per heavy atom. The van der Waals surface area contributed by atoms with E-state index in [0.29, 0.717) is 5.91 Å². The summed E-state index contributed by atoms with van der Waals surface area (Å²) in [5.74, 6) is 2.68. The second-order valence-corrected chi connectivity index (χ2v) is 12.0. The van der Waals surface area contributed by atoms with Crippen molar-refractivity contribution in [1.82, 2.24) is 9.88 Å². The van der Waals surface area contributed by atoms with Crippen LogP contribution < -0.4 is 4.90 Å². The number of nitrogens with zero attached hydrogens (tertiary/aromatic N) is 3. The molecule has 0 radical (unpaired) electrons. The minimum absolute atomic E-state index is 0.136. The van der Waals surface area contributed by atoms with Crippen molar-refractivity contribution >= 4 is 32.6 Å². The van der Waals surface area contributed by atoms with Crippen LogP contribution in [0.4, 0.5) is 5.13 Å². The first-order chi connectivity index (χ1) is 15.5. The molecule has 0 unspecified atom stereocenters. The van der Waals surface area contributed by atoms with E-state index in [1.165, 1.54) is 35.1 Å². The van der Waals surface area contributed by atoms with Crippen LogP contribution in [0.15, 0.2) is 12.1 Å². The van der Waals surface area contributed by atoms with Gasteiger partial charge in [0.05, 0.1) is 28.8 Å². The van der Waals surface area contributed by atoms with E-state index in [9.17, 15) is 4.79 Å². The molecule has 0 spiro atoms. The highest BCUT2D eigenvalue weighted by atomic mass is 32.1. The number of aryl methyl sites for hydroxylation is 2. The number of hydrogen-bond donors (Lipinski definition) is 0. The van der Waals surface area contributed by atoms with Crippen LogP contribution in [0.2, 0.25) is 0 Å². The summed E-state index contributed by atoms with van der Waals surface area (Å²) in [6, 6.07) is 4.39. The molecule has 5 nitrogen and oxygen atoms in total. The Morgan fingerprint density at radius 3 is 2.44 bits per heavy atom. The fourth-order valence-electron chi connectivity index (χ4n) is 7.49. The van der Waals surface area contributed by atoms with Gasteiger partial charge in [-0.05, 0) is 87.3 Å². The second-order valence-electron chi connectivity index (χ2n) is 11.0. The summed E-state index contributed by atoms with van der Waals surface area (Å²) in [7, 11) is 0. The summed E-state index contributed by atoms with van der Waals surface area (Å²) in [5, 5.41) is 0.905. The molecule has 6 heteroatoms. The fourth-order valence-corrected chi connectivity index (χ4v) is 8.53. The van der Waals surface area contributed by atoms with Crippen molar-refractivity contribution in [3.8, 4) is 0 Å². The first kappa shape index (κ1) is 21.1. The van der Waals surface area contributed by atoms with Gasteiger partial charge < -0.3 is 4.74 Å². The van der Waals surface area contributed by atoms with Crippen LogP contribution in [0.3, 0.4) is 0 Å². The van der Waals surface area contributed by atoms with Crippen molar-refractivity contribution in [3.63, 3.8) is 0 Å². The number of hydrogen-bond acceptors (Lipinski definition) is 5. The molecule has 1 saturated heterocycles. The maximum Gasteiger partial charge on any atom is 0.235 e. The van der Waals surface area contributed by atoms with Gasteiger partial charge in [-0.1, -0.05) is 17.4 Å². The Kier molecular flexibility index (Phi) is 5.31. The van der Waals surface area contributed by atoms with E-state index in [1.54, 1.807) is 11.3 Å². The summed E-state index contributed by atoms with van der Waals surface area (Å²) in [4.78, 5) is 23.9. The SMILES string of the molecule is Cc1cc(C)c2sc(N(CCN3CCOCC3)C(=O)C34CC5CC(CC(C5)C3)C4)nc2c1. The van der Waals surface area contributed by atoms with Crippen molar-refractivity contribution in [1.29, 1.82) is 0 Å². The molecule has 4 saturated carbocycles. The van der Waals surface area contributed by atoms with Gasteiger partial charge in [0.15, 0.2) is 5.13 Å². The summed E-state index contributed by atoms with van der Waals surface area (Å²) in [5.41, 5.74) is 3.40.